The fourth-order valence-electron chi connectivity index (χ4n) is 1.28. The van der Waals surface area contributed by atoms with Crippen molar-refractivity contribution < 1.29 is 12.6 Å². The van der Waals surface area contributed by atoms with E-state index in [0.717, 1.165) is 12.7 Å². The van der Waals surface area contributed by atoms with E-state index in [0.29, 0.717) is 5.57 Å². The first-order valence-electron chi connectivity index (χ1n) is 3.68. The summed E-state index contributed by atoms with van der Waals surface area (Å²) >= 11 is 0. The van der Waals surface area contributed by atoms with Crippen LogP contribution in [0.1, 0.15) is 0 Å². The van der Waals surface area contributed by atoms with Gasteiger partial charge in [-0.15, -0.1) is 0 Å². The van der Waals surface area contributed by atoms with Crippen molar-refractivity contribution in [3.05, 3.63) is 46.4 Å². The highest BCUT2D eigenvalue weighted by Crippen LogP contribution is 2.32. The SMILES string of the molecule is COS(=O)(=O)C1=C2[C]=CC=C2C=C1. The highest BCUT2D eigenvalue weighted by atomic mass is 32.2. The molecule has 13 heavy (non-hydrogen) atoms. The van der Waals surface area contributed by atoms with E-state index in [1.165, 1.54) is 6.08 Å². The molecule has 3 nitrogen and oxygen atoms in total. The molecular formula is C9H7O3S. The molecule has 0 saturated carbocycles. The molecule has 0 atom stereocenters. The predicted octanol–water partition coefficient (Wildman–Crippen LogP) is 1.09. The zero-order chi connectivity index (χ0) is 9.47. The molecule has 0 unspecified atom stereocenters. The van der Waals surface area contributed by atoms with E-state index < -0.39 is 10.1 Å². The lowest BCUT2D eigenvalue weighted by Gasteiger charge is -2.00. The van der Waals surface area contributed by atoms with Gasteiger partial charge in [-0.05, 0) is 17.7 Å². The number of fused-ring (bicyclic) bond motifs is 1. The average molecular weight is 195 g/mol. The molecule has 67 valence electrons. The highest BCUT2D eigenvalue weighted by molar-refractivity contribution is 7.91. The van der Waals surface area contributed by atoms with Crippen molar-refractivity contribution in [2.75, 3.05) is 7.11 Å². The summed E-state index contributed by atoms with van der Waals surface area (Å²) in [6, 6.07) is 0. The molecule has 0 fully saturated rings. The van der Waals surface area contributed by atoms with Gasteiger partial charge in [0, 0.05) is 5.57 Å². The third-order valence-electron chi connectivity index (χ3n) is 1.93. The maximum atomic E-state index is 11.3. The van der Waals surface area contributed by atoms with Crippen LogP contribution in [-0.4, -0.2) is 15.5 Å². The average Bonchev–Trinajstić information content (AvgIpc) is 2.62. The minimum atomic E-state index is -3.58. The lowest BCUT2D eigenvalue weighted by molar-refractivity contribution is 0.404. The fraction of sp³-hybridized carbons (Fsp3) is 0.111. The van der Waals surface area contributed by atoms with Crippen LogP contribution in [0, 0.1) is 6.08 Å². The number of hydrogen-bond acceptors (Lipinski definition) is 3. The van der Waals surface area contributed by atoms with Crippen LogP contribution in [0.15, 0.2) is 40.4 Å². The maximum Gasteiger partial charge on any atom is 0.297 e. The molecule has 0 aromatic rings. The number of allylic oxidation sites excluding steroid dienone is 7. The minimum absolute atomic E-state index is 0.190. The van der Waals surface area contributed by atoms with Gasteiger partial charge >= 0.3 is 0 Å². The van der Waals surface area contributed by atoms with Gasteiger partial charge < -0.3 is 0 Å². The minimum Gasteiger partial charge on any atom is -0.270 e. The molecule has 0 aliphatic heterocycles. The lowest BCUT2D eigenvalue weighted by Crippen LogP contribution is -2.04. The fourth-order valence-corrected chi connectivity index (χ4v) is 2.12. The summed E-state index contributed by atoms with van der Waals surface area (Å²) in [4.78, 5) is 0.190. The summed E-state index contributed by atoms with van der Waals surface area (Å²) in [5, 5.41) is 0. The van der Waals surface area contributed by atoms with Gasteiger partial charge in [0.25, 0.3) is 10.1 Å². The van der Waals surface area contributed by atoms with Gasteiger partial charge in [0.2, 0.25) is 0 Å². The van der Waals surface area contributed by atoms with Crippen molar-refractivity contribution in [1.82, 2.24) is 0 Å². The van der Waals surface area contributed by atoms with Gasteiger partial charge in [-0.1, -0.05) is 18.2 Å². The Morgan fingerprint density at radius 2 is 2.15 bits per heavy atom. The molecule has 0 amide bonds. The van der Waals surface area contributed by atoms with E-state index in [1.54, 1.807) is 12.2 Å². The molecule has 0 spiro atoms. The summed E-state index contributed by atoms with van der Waals surface area (Å²) < 4.78 is 27.1. The van der Waals surface area contributed by atoms with E-state index in [1.807, 2.05) is 6.08 Å². The van der Waals surface area contributed by atoms with E-state index in [4.69, 9.17) is 0 Å². The summed E-state index contributed by atoms with van der Waals surface area (Å²) in [5.74, 6) is 0. The normalized spacial score (nSPS) is 19.6. The van der Waals surface area contributed by atoms with E-state index in [-0.39, 0.29) is 4.91 Å². The van der Waals surface area contributed by atoms with Crippen LogP contribution in [-0.2, 0) is 14.3 Å². The molecule has 4 heteroatoms. The molecule has 1 radical (unpaired) electrons. The smallest absolute Gasteiger partial charge is 0.270 e. The molecular weight excluding hydrogens is 188 g/mol. The molecule has 0 bridgehead atoms. The number of rotatable bonds is 2. The molecule has 2 aliphatic rings. The summed E-state index contributed by atoms with van der Waals surface area (Å²) in [6.07, 6.45) is 9.61. The second kappa shape index (κ2) is 2.68. The second-order valence-electron chi connectivity index (χ2n) is 2.63. The van der Waals surface area contributed by atoms with Crippen LogP contribution in [0.2, 0.25) is 0 Å². The van der Waals surface area contributed by atoms with Gasteiger partial charge in [0.15, 0.2) is 0 Å². The van der Waals surface area contributed by atoms with E-state index >= 15 is 0 Å². The monoisotopic (exact) mass is 195 g/mol. The first kappa shape index (κ1) is 8.47. The van der Waals surface area contributed by atoms with Gasteiger partial charge in [0.1, 0.15) is 4.91 Å². The molecule has 0 aromatic heterocycles. The largest absolute Gasteiger partial charge is 0.297 e. The summed E-state index contributed by atoms with van der Waals surface area (Å²) in [5.41, 5.74) is 1.47. The van der Waals surface area contributed by atoms with E-state index in [9.17, 15) is 8.42 Å². The zero-order valence-electron chi connectivity index (χ0n) is 6.94. The molecule has 2 rings (SSSR count). The van der Waals surface area contributed by atoms with Gasteiger partial charge in [0.05, 0.1) is 7.11 Å². The highest BCUT2D eigenvalue weighted by Gasteiger charge is 2.25. The van der Waals surface area contributed by atoms with Crippen LogP contribution in [0.25, 0.3) is 0 Å². The second-order valence-corrected chi connectivity index (χ2v) is 4.31. The first-order valence-corrected chi connectivity index (χ1v) is 5.09. The van der Waals surface area contributed by atoms with Crippen molar-refractivity contribution in [1.29, 1.82) is 0 Å². The van der Waals surface area contributed by atoms with Crippen LogP contribution >= 0.6 is 0 Å². The topological polar surface area (TPSA) is 43.4 Å². The molecule has 0 N–H and O–H groups in total. The van der Waals surface area contributed by atoms with Crippen molar-refractivity contribution >= 4 is 10.1 Å². The van der Waals surface area contributed by atoms with Crippen molar-refractivity contribution in [3.63, 3.8) is 0 Å². The maximum absolute atomic E-state index is 11.3. The predicted molar refractivity (Wildman–Crippen MR) is 48.0 cm³/mol. The Hall–Kier alpha value is -1.13. The first-order chi connectivity index (χ1) is 6.15. The Balaban J connectivity index is 2.59. The molecule has 2 aliphatic carbocycles. The Kier molecular flexibility index (Phi) is 1.75. The standard InChI is InChI=1S/C9H7O3S/c1-12-13(10,11)9-6-5-7-3-2-4-8(7)9/h2-3,5-6H,1H3. The molecule has 0 heterocycles. The van der Waals surface area contributed by atoms with Gasteiger partial charge in [-0.25, -0.2) is 0 Å². The summed E-state index contributed by atoms with van der Waals surface area (Å²) in [6.45, 7) is 0. The van der Waals surface area contributed by atoms with Gasteiger partial charge in [-0.3, -0.25) is 4.18 Å². The molecule has 0 aromatic carbocycles. The van der Waals surface area contributed by atoms with Crippen molar-refractivity contribution in [2.45, 2.75) is 0 Å². The van der Waals surface area contributed by atoms with Crippen LogP contribution in [0.3, 0.4) is 0 Å². The zero-order valence-corrected chi connectivity index (χ0v) is 7.76. The quantitative estimate of drug-likeness (QED) is 0.619. The van der Waals surface area contributed by atoms with Crippen LogP contribution < -0.4 is 0 Å². The Labute approximate surface area is 76.8 Å². The third-order valence-corrected chi connectivity index (χ3v) is 3.25. The van der Waals surface area contributed by atoms with Gasteiger partial charge in [-0.2, -0.15) is 8.42 Å². The lowest BCUT2D eigenvalue weighted by atomic mass is 10.2. The summed E-state index contributed by atoms with van der Waals surface area (Å²) in [7, 11) is -2.43. The van der Waals surface area contributed by atoms with Crippen molar-refractivity contribution in [2.24, 2.45) is 0 Å². The van der Waals surface area contributed by atoms with Crippen LogP contribution in [0.5, 0.6) is 0 Å². The third kappa shape index (κ3) is 1.18. The number of hydrogen-bond donors (Lipinski definition) is 0. The Bertz CT molecular complexity index is 461. The Morgan fingerprint density at radius 3 is 2.85 bits per heavy atom. The van der Waals surface area contributed by atoms with E-state index in [2.05, 4.69) is 10.3 Å². The van der Waals surface area contributed by atoms with Crippen molar-refractivity contribution in [3.8, 4) is 0 Å². The molecule has 0 saturated heterocycles. The Morgan fingerprint density at radius 1 is 1.38 bits per heavy atom. The van der Waals surface area contributed by atoms with Crippen LogP contribution in [0.4, 0.5) is 0 Å².